The molecule has 31 heavy (non-hydrogen) atoms. The predicted octanol–water partition coefficient (Wildman–Crippen LogP) is 2.91. The van der Waals surface area contributed by atoms with Gasteiger partial charge in [-0.1, -0.05) is 41.4 Å². The summed E-state index contributed by atoms with van der Waals surface area (Å²) < 4.78 is 7.02. The fraction of sp³-hybridized carbons (Fsp3) is 0.522. The third kappa shape index (κ3) is 4.77. The smallest absolute Gasteiger partial charge is 0.258 e. The van der Waals surface area contributed by atoms with E-state index in [0.717, 1.165) is 18.4 Å². The van der Waals surface area contributed by atoms with Gasteiger partial charge in [-0.05, 0) is 32.3 Å². The molecule has 4 rings (SSSR count). The SMILES string of the molecule is Cc1ccc(Cn2nc(C)c(C(=O)N3CCCC(C(=O)N4CCOCC4)C3)c2Cl)cc1. The zero-order chi connectivity index (χ0) is 22.0. The Balaban J connectivity index is 1.47. The molecule has 0 aliphatic carbocycles. The van der Waals surface area contributed by atoms with Crippen molar-refractivity contribution >= 4 is 23.4 Å². The van der Waals surface area contributed by atoms with Crippen LogP contribution in [-0.2, 0) is 16.1 Å². The number of carbonyl (C=O) groups excluding carboxylic acids is 2. The van der Waals surface area contributed by atoms with E-state index in [1.165, 1.54) is 5.56 Å². The summed E-state index contributed by atoms with van der Waals surface area (Å²) in [6, 6.07) is 8.17. The maximum absolute atomic E-state index is 13.3. The normalized spacial score (nSPS) is 19.5. The van der Waals surface area contributed by atoms with Crippen molar-refractivity contribution in [2.75, 3.05) is 39.4 Å². The van der Waals surface area contributed by atoms with E-state index in [1.54, 1.807) is 9.58 Å². The number of aryl methyl sites for hydroxylation is 2. The van der Waals surface area contributed by atoms with Crippen LogP contribution < -0.4 is 0 Å². The van der Waals surface area contributed by atoms with Gasteiger partial charge >= 0.3 is 0 Å². The van der Waals surface area contributed by atoms with Gasteiger partial charge in [0.15, 0.2) is 0 Å². The Morgan fingerprint density at radius 3 is 2.52 bits per heavy atom. The minimum absolute atomic E-state index is 0.124. The van der Waals surface area contributed by atoms with Crippen molar-refractivity contribution in [2.45, 2.75) is 33.2 Å². The molecule has 8 heteroatoms. The minimum Gasteiger partial charge on any atom is -0.378 e. The Kier molecular flexibility index (Phi) is 6.62. The molecule has 7 nitrogen and oxygen atoms in total. The molecule has 0 radical (unpaired) electrons. The van der Waals surface area contributed by atoms with E-state index < -0.39 is 0 Å². The number of likely N-dealkylation sites (tertiary alicyclic amines) is 1. The Morgan fingerprint density at radius 2 is 1.81 bits per heavy atom. The first kappa shape index (κ1) is 21.8. The summed E-state index contributed by atoms with van der Waals surface area (Å²) in [5.74, 6) is -0.187. The van der Waals surface area contributed by atoms with E-state index in [2.05, 4.69) is 5.10 Å². The number of rotatable bonds is 4. The number of carbonyl (C=O) groups is 2. The highest BCUT2D eigenvalue weighted by molar-refractivity contribution is 6.33. The second-order valence-corrected chi connectivity index (χ2v) is 8.78. The highest BCUT2D eigenvalue weighted by Gasteiger charge is 2.34. The summed E-state index contributed by atoms with van der Waals surface area (Å²) in [5.41, 5.74) is 3.31. The summed E-state index contributed by atoms with van der Waals surface area (Å²) in [4.78, 5) is 29.9. The van der Waals surface area contributed by atoms with Crippen LogP contribution in [0.2, 0.25) is 5.15 Å². The number of amides is 2. The Bertz CT molecular complexity index is 950. The number of nitrogens with zero attached hydrogens (tertiary/aromatic N) is 4. The van der Waals surface area contributed by atoms with Crippen LogP contribution in [0.1, 0.15) is 40.0 Å². The predicted molar refractivity (Wildman–Crippen MR) is 118 cm³/mol. The number of morpholine rings is 1. The molecule has 1 aromatic carbocycles. The van der Waals surface area contributed by atoms with E-state index in [1.807, 2.05) is 43.0 Å². The molecule has 2 saturated heterocycles. The number of hydrogen-bond acceptors (Lipinski definition) is 4. The van der Waals surface area contributed by atoms with Crippen LogP contribution in [0.5, 0.6) is 0 Å². The van der Waals surface area contributed by atoms with Crippen LogP contribution in [0, 0.1) is 19.8 Å². The number of ether oxygens (including phenoxy) is 1. The topological polar surface area (TPSA) is 67.7 Å². The maximum Gasteiger partial charge on any atom is 0.258 e. The molecule has 1 atom stereocenters. The zero-order valence-corrected chi connectivity index (χ0v) is 18.9. The number of halogens is 1. The van der Waals surface area contributed by atoms with Crippen LogP contribution in [0.3, 0.4) is 0 Å². The molecule has 2 amide bonds. The maximum atomic E-state index is 13.3. The summed E-state index contributed by atoms with van der Waals surface area (Å²) in [6.07, 6.45) is 1.61. The molecule has 2 aliphatic rings. The lowest BCUT2D eigenvalue weighted by molar-refractivity contribution is -0.141. The molecule has 0 spiro atoms. The van der Waals surface area contributed by atoms with Gasteiger partial charge in [0.2, 0.25) is 5.91 Å². The molecular formula is C23H29ClN4O3. The number of benzene rings is 1. The average molecular weight is 445 g/mol. The minimum atomic E-state index is -0.169. The lowest BCUT2D eigenvalue weighted by Gasteiger charge is -2.36. The van der Waals surface area contributed by atoms with Crippen molar-refractivity contribution in [3.8, 4) is 0 Å². The average Bonchev–Trinajstić information content (AvgIpc) is 3.07. The lowest BCUT2D eigenvalue weighted by Crippen LogP contribution is -2.49. The summed E-state index contributed by atoms with van der Waals surface area (Å²) >= 11 is 6.61. The van der Waals surface area contributed by atoms with Crippen molar-refractivity contribution in [3.05, 3.63) is 51.8 Å². The molecule has 2 aromatic rings. The molecule has 2 fully saturated rings. The largest absolute Gasteiger partial charge is 0.378 e. The van der Waals surface area contributed by atoms with Crippen molar-refractivity contribution < 1.29 is 14.3 Å². The standard InChI is InChI=1S/C23H29ClN4O3/c1-16-5-7-18(8-6-16)14-28-21(24)20(17(2)25-28)23(30)27-9-3-4-19(15-27)22(29)26-10-12-31-13-11-26/h5-8,19H,3-4,9-15H2,1-2H3. The Labute approximate surface area is 187 Å². The third-order valence-electron chi connectivity index (χ3n) is 6.11. The van der Waals surface area contributed by atoms with Crippen LogP contribution in [0.15, 0.2) is 24.3 Å². The van der Waals surface area contributed by atoms with E-state index in [4.69, 9.17) is 16.3 Å². The van der Waals surface area contributed by atoms with Gasteiger partial charge in [-0.3, -0.25) is 9.59 Å². The Morgan fingerprint density at radius 1 is 1.10 bits per heavy atom. The second kappa shape index (κ2) is 9.40. The van der Waals surface area contributed by atoms with E-state index in [0.29, 0.717) is 62.3 Å². The van der Waals surface area contributed by atoms with Crippen LogP contribution in [0.4, 0.5) is 0 Å². The lowest BCUT2D eigenvalue weighted by atomic mass is 9.95. The molecule has 2 aliphatic heterocycles. The van der Waals surface area contributed by atoms with Gasteiger partial charge < -0.3 is 14.5 Å². The van der Waals surface area contributed by atoms with Crippen LogP contribution in [-0.4, -0.2) is 70.8 Å². The second-order valence-electron chi connectivity index (χ2n) is 8.42. The first-order valence-electron chi connectivity index (χ1n) is 10.9. The van der Waals surface area contributed by atoms with Crippen molar-refractivity contribution in [1.29, 1.82) is 0 Å². The summed E-state index contributed by atoms with van der Waals surface area (Å²) in [5, 5.41) is 4.87. The van der Waals surface area contributed by atoms with Gasteiger partial charge in [-0.15, -0.1) is 0 Å². The van der Waals surface area contributed by atoms with Crippen LogP contribution in [0.25, 0.3) is 0 Å². The van der Waals surface area contributed by atoms with Gasteiger partial charge in [-0.25, -0.2) is 4.68 Å². The number of aromatic nitrogens is 2. The summed E-state index contributed by atoms with van der Waals surface area (Å²) in [7, 11) is 0. The highest BCUT2D eigenvalue weighted by Crippen LogP contribution is 2.26. The number of hydrogen-bond donors (Lipinski definition) is 0. The van der Waals surface area contributed by atoms with E-state index in [-0.39, 0.29) is 17.7 Å². The molecule has 1 aromatic heterocycles. The third-order valence-corrected chi connectivity index (χ3v) is 6.50. The molecule has 166 valence electrons. The molecule has 0 N–H and O–H groups in total. The summed E-state index contributed by atoms with van der Waals surface area (Å²) in [6.45, 7) is 7.82. The number of piperidine rings is 1. The fourth-order valence-electron chi connectivity index (χ4n) is 4.33. The molecule has 3 heterocycles. The van der Waals surface area contributed by atoms with E-state index >= 15 is 0 Å². The van der Waals surface area contributed by atoms with Gasteiger partial charge in [-0.2, -0.15) is 5.10 Å². The Hall–Kier alpha value is -2.38. The van der Waals surface area contributed by atoms with Gasteiger partial charge in [0.1, 0.15) is 5.15 Å². The molecule has 1 unspecified atom stereocenters. The van der Waals surface area contributed by atoms with Crippen molar-refractivity contribution in [2.24, 2.45) is 5.92 Å². The van der Waals surface area contributed by atoms with Gasteiger partial charge in [0.25, 0.3) is 5.91 Å². The first-order chi connectivity index (χ1) is 14.9. The zero-order valence-electron chi connectivity index (χ0n) is 18.1. The van der Waals surface area contributed by atoms with Gasteiger partial charge in [0.05, 0.1) is 36.9 Å². The molecule has 0 bridgehead atoms. The van der Waals surface area contributed by atoms with E-state index in [9.17, 15) is 9.59 Å². The fourth-order valence-corrected chi connectivity index (χ4v) is 4.65. The van der Waals surface area contributed by atoms with Crippen molar-refractivity contribution in [1.82, 2.24) is 19.6 Å². The van der Waals surface area contributed by atoms with Gasteiger partial charge in [0, 0.05) is 26.2 Å². The van der Waals surface area contributed by atoms with Crippen LogP contribution >= 0.6 is 11.6 Å². The molecule has 0 saturated carbocycles. The quantitative estimate of drug-likeness (QED) is 0.727. The highest BCUT2D eigenvalue weighted by atomic mass is 35.5. The monoisotopic (exact) mass is 444 g/mol. The first-order valence-corrected chi connectivity index (χ1v) is 11.3. The van der Waals surface area contributed by atoms with Crippen molar-refractivity contribution in [3.63, 3.8) is 0 Å². The molecular weight excluding hydrogens is 416 g/mol.